The van der Waals surface area contributed by atoms with Gasteiger partial charge in [-0.25, -0.2) is 9.67 Å². The van der Waals surface area contributed by atoms with Crippen molar-refractivity contribution in [1.82, 2.24) is 25.0 Å². The van der Waals surface area contributed by atoms with Crippen LogP contribution in [0.4, 0.5) is 0 Å². The van der Waals surface area contributed by atoms with Gasteiger partial charge in [0.25, 0.3) is 5.91 Å². The topological polar surface area (TPSA) is 63.1 Å². The molecule has 3 heterocycles. The molecule has 0 bridgehead atoms. The zero-order valence-corrected chi connectivity index (χ0v) is 18.2. The second-order valence-electron chi connectivity index (χ2n) is 7.87. The highest BCUT2D eigenvalue weighted by molar-refractivity contribution is 7.10. The third-order valence-corrected chi connectivity index (χ3v) is 5.84. The largest absolute Gasteiger partial charge is 0.350 e. The smallest absolute Gasteiger partial charge is 0.252 e. The van der Waals surface area contributed by atoms with Crippen LogP contribution in [-0.4, -0.2) is 46.2 Å². The van der Waals surface area contributed by atoms with E-state index in [4.69, 9.17) is 4.98 Å². The Balaban J connectivity index is 1.92. The lowest BCUT2D eigenvalue weighted by Crippen LogP contribution is -2.34. The van der Waals surface area contributed by atoms with Crippen LogP contribution in [0, 0.1) is 0 Å². The lowest BCUT2D eigenvalue weighted by molar-refractivity contribution is 0.0943. The van der Waals surface area contributed by atoms with E-state index in [1.54, 1.807) is 17.5 Å². The van der Waals surface area contributed by atoms with E-state index in [0.29, 0.717) is 12.1 Å². The van der Waals surface area contributed by atoms with E-state index >= 15 is 0 Å². The average Bonchev–Trinajstić information content (AvgIpc) is 3.30. The Bertz CT molecular complexity index is 943. The molecule has 3 rings (SSSR count). The number of thiophene rings is 1. The summed E-state index contributed by atoms with van der Waals surface area (Å²) >= 11 is 1.71. The van der Waals surface area contributed by atoms with Crippen LogP contribution in [0.25, 0.3) is 11.0 Å². The molecule has 1 amide bonds. The quantitative estimate of drug-likeness (QED) is 0.646. The first-order valence-electron chi connectivity index (χ1n) is 9.65. The molecule has 0 aliphatic carbocycles. The van der Waals surface area contributed by atoms with E-state index in [0.717, 1.165) is 16.7 Å². The molecule has 6 nitrogen and oxygen atoms in total. The molecule has 0 spiro atoms. The van der Waals surface area contributed by atoms with E-state index in [9.17, 15) is 4.79 Å². The maximum Gasteiger partial charge on any atom is 0.252 e. The van der Waals surface area contributed by atoms with Crippen molar-refractivity contribution in [2.75, 3.05) is 20.6 Å². The highest BCUT2D eigenvalue weighted by Gasteiger charge is 2.21. The van der Waals surface area contributed by atoms with Gasteiger partial charge < -0.3 is 10.2 Å². The maximum absolute atomic E-state index is 13.1. The summed E-state index contributed by atoms with van der Waals surface area (Å²) in [5.74, 6) is 0.146. The van der Waals surface area contributed by atoms with Gasteiger partial charge in [0, 0.05) is 23.2 Å². The molecular formula is C21H29N5OS. The summed E-state index contributed by atoms with van der Waals surface area (Å²) in [6.07, 6.45) is 1.75. The number of rotatable bonds is 7. The van der Waals surface area contributed by atoms with Gasteiger partial charge >= 0.3 is 0 Å². The van der Waals surface area contributed by atoms with Gasteiger partial charge in [0.05, 0.1) is 23.2 Å². The Morgan fingerprint density at radius 2 is 2.04 bits per heavy atom. The number of pyridine rings is 1. The molecule has 28 heavy (non-hydrogen) atoms. The average molecular weight is 400 g/mol. The molecule has 1 unspecified atom stereocenters. The van der Waals surface area contributed by atoms with Crippen LogP contribution in [0.1, 0.15) is 66.6 Å². The van der Waals surface area contributed by atoms with Gasteiger partial charge in [-0.3, -0.25) is 4.79 Å². The predicted octanol–water partition coefficient (Wildman–Crippen LogP) is 4.23. The van der Waals surface area contributed by atoms with Gasteiger partial charge in [-0.1, -0.05) is 19.9 Å². The first kappa shape index (κ1) is 20.5. The van der Waals surface area contributed by atoms with Crippen LogP contribution in [0.2, 0.25) is 0 Å². The summed E-state index contributed by atoms with van der Waals surface area (Å²) in [6.45, 7) is 8.86. The Labute approximate surface area is 170 Å². The van der Waals surface area contributed by atoms with E-state index in [2.05, 4.69) is 54.5 Å². The fourth-order valence-electron chi connectivity index (χ4n) is 3.20. The molecule has 0 aliphatic rings. The Hall–Kier alpha value is -2.25. The van der Waals surface area contributed by atoms with Crippen molar-refractivity contribution in [2.24, 2.45) is 0 Å². The number of amides is 1. The highest BCUT2D eigenvalue weighted by atomic mass is 32.1. The molecule has 150 valence electrons. The Morgan fingerprint density at radius 3 is 2.61 bits per heavy atom. The standard InChI is InChI=1S/C21H29N5OS/c1-13(2)17-10-15(16-11-23-26(14(3)4)20(16)24-17)21(27)22-12-18(25(5)6)19-8-7-9-28-19/h7-11,13-14,18H,12H2,1-6H3,(H,22,27). The van der Waals surface area contributed by atoms with Crippen molar-refractivity contribution in [1.29, 1.82) is 0 Å². The highest BCUT2D eigenvalue weighted by Crippen LogP contribution is 2.25. The number of nitrogens with one attached hydrogen (secondary N) is 1. The van der Waals surface area contributed by atoms with Gasteiger partial charge in [-0.2, -0.15) is 5.10 Å². The SMILES string of the molecule is CC(C)c1cc(C(=O)NCC(c2cccs2)N(C)C)c2cnn(C(C)C)c2n1. The molecule has 1 N–H and O–H groups in total. The monoisotopic (exact) mass is 399 g/mol. The molecule has 0 aromatic carbocycles. The first-order chi connectivity index (χ1) is 13.3. The summed E-state index contributed by atoms with van der Waals surface area (Å²) in [4.78, 5) is 21.3. The predicted molar refractivity (Wildman–Crippen MR) is 115 cm³/mol. The van der Waals surface area contributed by atoms with Crippen molar-refractivity contribution in [2.45, 2.75) is 45.7 Å². The van der Waals surface area contributed by atoms with Crippen molar-refractivity contribution in [3.05, 3.63) is 45.9 Å². The zero-order valence-electron chi connectivity index (χ0n) is 17.4. The summed E-state index contributed by atoms with van der Waals surface area (Å²) in [5, 5.41) is 10.5. The summed E-state index contributed by atoms with van der Waals surface area (Å²) in [5.41, 5.74) is 2.32. The molecule has 7 heteroatoms. The fourth-order valence-corrected chi connectivity index (χ4v) is 4.12. The van der Waals surface area contributed by atoms with E-state index in [1.165, 1.54) is 4.88 Å². The van der Waals surface area contributed by atoms with Crippen molar-refractivity contribution in [3.8, 4) is 0 Å². The van der Waals surface area contributed by atoms with Gasteiger partial charge in [0.2, 0.25) is 0 Å². The van der Waals surface area contributed by atoms with Crippen LogP contribution in [-0.2, 0) is 0 Å². The van der Waals surface area contributed by atoms with Gasteiger partial charge in [-0.15, -0.1) is 11.3 Å². The second kappa shape index (κ2) is 8.41. The van der Waals surface area contributed by atoms with E-state index < -0.39 is 0 Å². The number of hydrogen-bond acceptors (Lipinski definition) is 5. The van der Waals surface area contributed by atoms with E-state index in [1.807, 2.05) is 30.9 Å². The summed E-state index contributed by atoms with van der Waals surface area (Å²) in [6, 6.07) is 6.38. The minimum absolute atomic E-state index is 0.0824. The van der Waals surface area contributed by atoms with Gasteiger partial charge in [0.15, 0.2) is 5.65 Å². The van der Waals surface area contributed by atoms with Crippen molar-refractivity contribution >= 4 is 28.3 Å². The molecule has 0 saturated carbocycles. The zero-order chi connectivity index (χ0) is 20.4. The lowest BCUT2D eigenvalue weighted by atomic mass is 10.0. The normalized spacial score (nSPS) is 13.0. The molecule has 3 aromatic rings. The van der Waals surface area contributed by atoms with Gasteiger partial charge in [0.1, 0.15) is 0 Å². The third kappa shape index (κ3) is 4.10. The molecule has 3 aromatic heterocycles. The van der Waals surface area contributed by atoms with Gasteiger partial charge in [-0.05, 0) is 51.4 Å². The number of nitrogens with zero attached hydrogens (tertiary/aromatic N) is 4. The van der Waals surface area contributed by atoms with Crippen molar-refractivity contribution in [3.63, 3.8) is 0 Å². The third-order valence-electron chi connectivity index (χ3n) is 4.86. The van der Waals surface area contributed by atoms with Crippen LogP contribution < -0.4 is 5.32 Å². The Kier molecular flexibility index (Phi) is 6.15. The first-order valence-corrected chi connectivity index (χ1v) is 10.5. The number of hydrogen-bond donors (Lipinski definition) is 1. The number of likely N-dealkylation sites (N-methyl/N-ethyl adjacent to an activating group) is 1. The molecule has 0 aliphatic heterocycles. The maximum atomic E-state index is 13.1. The molecule has 0 radical (unpaired) electrons. The van der Waals surface area contributed by atoms with Crippen LogP contribution >= 0.6 is 11.3 Å². The molecule has 1 atom stereocenters. The van der Waals surface area contributed by atoms with Crippen LogP contribution in [0.5, 0.6) is 0 Å². The van der Waals surface area contributed by atoms with Crippen molar-refractivity contribution < 1.29 is 4.79 Å². The van der Waals surface area contributed by atoms with Crippen LogP contribution in [0.3, 0.4) is 0 Å². The Morgan fingerprint density at radius 1 is 1.29 bits per heavy atom. The van der Waals surface area contributed by atoms with E-state index in [-0.39, 0.29) is 23.9 Å². The second-order valence-corrected chi connectivity index (χ2v) is 8.85. The van der Waals surface area contributed by atoms with Crippen LogP contribution in [0.15, 0.2) is 29.8 Å². The lowest BCUT2D eigenvalue weighted by Gasteiger charge is -2.23. The number of fused-ring (bicyclic) bond motifs is 1. The summed E-state index contributed by atoms with van der Waals surface area (Å²) in [7, 11) is 4.06. The number of carbonyl (C=O) groups excluding carboxylic acids is 1. The molecule has 0 saturated heterocycles. The molecule has 0 fully saturated rings. The number of carbonyl (C=O) groups is 1. The summed E-state index contributed by atoms with van der Waals surface area (Å²) < 4.78 is 1.88. The minimum atomic E-state index is -0.0824. The molecular weight excluding hydrogens is 370 g/mol. The number of aromatic nitrogens is 3. The fraction of sp³-hybridized carbons (Fsp3) is 0.476. The minimum Gasteiger partial charge on any atom is -0.350 e.